The molecule has 1 aromatic rings. The normalized spacial score (nSPS) is 19.1. The molecule has 1 aromatic heterocycles. The number of nitrogens with one attached hydrogen (secondary N) is 1. The van der Waals surface area contributed by atoms with Gasteiger partial charge in [-0.25, -0.2) is 8.42 Å². The van der Waals surface area contributed by atoms with Crippen LogP contribution in [0.5, 0.6) is 0 Å². The first-order chi connectivity index (χ1) is 8.14. The molecule has 2 heterocycles. The molecule has 7 heteroatoms. The van der Waals surface area contributed by atoms with Crippen molar-refractivity contribution in [3.8, 4) is 0 Å². The molecule has 2 rings (SSSR count). The number of nitrogens with zero attached hydrogens (tertiary/aromatic N) is 1. The quantitative estimate of drug-likeness (QED) is 0.826. The van der Waals surface area contributed by atoms with Gasteiger partial charge in [-0.2, -0.15) is 4.31 Å². The second kappa shape index (κ2) is 5.45. The Balaban J connectivity index is 2.22. The minimum absolute atomic E-state index is 0.391. The van der Waals surface area contributed by atoms with Crippen LogP contribution < -0.4 is 11.1 Å². The van der Waals surface area contributed by atoms with E-state index in [0.717, 1.165) is 17.8 Å². The Morgan fingerprint density at radius 2 is 2.18 bits per heavy atom. The molecule has 0 spiro atoms. The Labute approximate surface area is 106 Å². The Morgan fingerprint density at radius 3 is 2.88 bits per heavy atom. The molecule has 0 bridgehead atoms. The largest absolute Gasteiger partial charge is 0.326 e. The number of nitrogens with two attached hydrogens (primary N) is 1. The summed E-state index contributed by atoms with van der Waals surface area (Å²) >= 11 is 1.27. The maximum Gasteiger partial charge on any atom is 0.252 e. The highest BCUT2D eigenvalue weighted by Crippen LogP contribution is 2.24. The van der Waals surface area contributed by atoms with E-state index in [2.05, 4.69) is 5.32 Å². The molecule has 1 aliphatic heterocycles. The molecule has 0 unspecified atom stereocenters. The summed E-state index contributed by atoms with van der Waals surface area (Å²) in [7, 11) is -3.32. The first-order valence-electron chi connectivity index (χ1n) is 5.64. The molecule has 96 valence electrons. The van der Waals surface area contributed by atoms with E-state index in [1.807, 2.05) is 0 Å². The van der Waals surface area contributed by atoms with E-state index < -0.39 is 10.0 Å². The third-order valence-corrected chi connectivity index (χ3v) is 6.20. The van der Waals surface area contributed by atoms with Crippen molar-refractivity contribution in [2.45, 2.75) is 17.2 Å². The molecule has 0 radical (unpaired) electrons. The third-order valence-electron chi connectivity index (χ3n) is 2.73. The van der Waals surface area contributed by atoms with Crippen molar-refractivity contribution in [1.29, 1.82) is 0 Å². The van der Waals surface area contributed by atoms with E-state index in [0.29, 0.717) is 30.4 Å². The molecule has 0 aromatic carbocycles. The lowest BCUT2D eigenvalue weighted by atomic mass is 10.4. The fourth-order valence-corrected chi connectivity index (χ4v) is 4.66. The van der Waals surface area contributed by atoms with Gasteiger partial charge in [-0.05, 0) is 25.1 Å². The van der Waals surface area contributed by atoms with E-state index in [4.69, 9.17) is 5.73 Å². The summed E-state index contributed by atoms with van der Waals surface area (Å²) in [6.45, 7) is 3.12. The summed E-state index contributed by atoms with van der Waals surface area (Å²) in [4.78, 5) is 0.900. The first-order valence-corrected chi connectivity index (χ1v) is 7.90. The monoisotopic (exact) mass is 275 g/mol. The van der Waals surface area contributed by atoms with Gasteiger partial charge < -0.3 is 11.1 Å². The number of hydrogen-bond donors (Lipinski definition) is 2. The third kappa shape index (κ3) is 2.86. The molecule has 1 saturated heterocycles. The zero-order valence-corrected chi connectivity index (χ0v) is 11.2. The molecular formula is C10H17N3O2S2. The molecule has 0 aliphatic carbocycles. The van der Waals surface area contributed by atoms with E-state index in [-0.39, 0.29) is 0 Å². The van der Waals surface area contributed by atoms with Crippen LogP contribution in [0.3, 0.4) is 0 Å². The van der Waals surface area contributed by atoms with Gasteiger partial charge in [0, 0.05) is 31.1 Å². The van der Waals surface area contributed by atoms with Crippen molar-refractivity contribution in [1.82, 2.24) is 9.62 Å². The molecule has 1 fully saturated rings. The van der Waals surface area contributed by atoms with Gasteiger partial charge in [0.25, 0.3) is 10.0 Å². The maximum atomic E-state index is 12.3. The van der Waals surface area contributed by atoms with Crippen LogP contribution in [-0.2, 0) is 16.6 Å². The number of thiophene rings is 1. The predicted molar refractivity (Wildman–Crippen MR) is 68.5 cm³/mol. The van der Waals surface area contributed by atoms with Crippen LogP contribution in [0.4, 0.5) is 0 Å². The van der Waals surface area contributed by atoms with Gasteiger partial charge in [0.1, 0.15) is 4.21 Å². The Kier molecular flexibility index (Phi) is 4.16. The summed E-state index contributed by atoms with van der Waals surface area (Å²) in [5.41, 5.74) is 5.50. The predicted octanol–water partition coefficient (Wildman–Crippen LogP) is 0.191. The SMILES string of the molecule is NCc1ccc(S(=O)(=O)N2CCCNCC2)s1. The molecular weight excluding hydrogens is 258 g/mol. The lowest BCUT2D eigenvalue weighted by Gasteiger charge is -2.18. The van der Waals surface area contributed by atoms with E-state index in [1.54, 1.807) is 16.4 Å². The van der Waals surface area contributed by atoms with Gasteiger partial charge in [-0.15, -0.1) is 11.3 Å². The number of sulfonamides is 1. The van der Waals surface area contributed by atoms with Crippen molar-refractivity contribution in [3.63, 3.8) is 0 Å². The smallest absolute Gasteiger partial charge is 0.252 e. The minimum atomic E-state index is -3.32. The van der Waals surface area contributed by atoms with Gasteiger partial charge in [-0.3, -0.25) is 0 Å². The van der Waals surface area contributed by atoms with Crippen LogP contribution in [0.2, 0.25) is 0 Å². The Hall–Kier alpha value is -0.470. The Morgan fingerprint density at radius 1 is 1.35 bits per heavy atom. The number of rotatable bonds is 3. The fourth-order valence-electron chi connectivity index (χ4n) is 1.80. The highest BCUT2D eigenvalue weighted by Gasteiger charge is 2.26. The van der Waals surface area contributed by atoms with E-state index in [1.165, 1.54) is 11.3 Å². The van der Waals surface area contributed by atoms with Crippen molar-refractivity contribution in [3.05, 3.63) is 17.0 Å². The topological polar surface area (TPSA) is 75.4 Å². The van der Waals surface area contributed by atoms with Gasteiger partial charge in [-0.1, -0.05) is 0 Å². The van der Waals surface area contributed by atoms with E-state index >= 15 is 0 Å². The first kappa shape index (κ1) is 13.0. The lowest BCUT2D eigenvalue weighted by Crippen LogP contribution is -2.33. The van der Waals surface area contributed by atoms with Gasteiger partial charge in [0.2, 0.25) is 0 Å². The average molecular weight is 275 g/mol. The maximum absolute atomic E-state index is 12.3. The highest BCUT2D eigenvalue weighted by atomic mass is 32.2. The molecule has 17 heavy (non-hydrogen) atoms. The summed E-state index contributed by atoms with van der Waals surface area (Å²) < 4.78 is 26.6. The van der Waals surface area contributed by atoms with Crippen molar-refractivity contribution >= 4 is 21.4 Å². The second-order valence-electron chi connectivity index (χ2n) is 3.93. The molecule has 1 aliphatic rings. The summed E-state index contributed by atoms with van der Waals surface area (Å²) in [6.07, 6.45) is 0.856. The van der Waals surface area contributed by atoms with Crippen LogP contribution in [0.25, 0.3) is 0 Å². The Bertz CT molecular complexity index is 462. The molecule has 0 atom stereocenters. The van der Waals surface area contributed by atoms with Crippen LogP contribution >= 0.6 is 11.3 Å². The second-order valence-corrected chi connectivity index (χ2v) is 7.27. The summed E-state index contributed by atoms with van der Waals surface area (Å²) in [5, 5.41) is 3.19. The molecule has 0 saturated carbocycles. The summed E-state index contributed by atoms with van der Waals surface area (Å²) in [6, 6.07) is 3.44. The van der Waals surface area contributed by atoms with Crippen LogP contribution in [0, 0.1) is 0 Å². The zero-order chi connectivity index (χ0) is 12.3. The highest BCUT2D eigenvalue weighted by molar-refractivity contribution is 7.91. The van der Waals surface area contributed by atoms with Gasteiger partial charge in [0.05, 0.1) is 0 Å². The van der Waals surface area contributed by atoms with Crippen molar-refractivity contribution < 1.29 is 8.42 Å². The molecule has 0 amide bonds. The lowest BCUT2D eigenvalue weighted by molar-refractivity contribution is 0.433. The van der Waals surface area contributed by atoms with Crippen LogP contribution in [0.15, 0.2) is 16.3 Å². The number of hydrogen-bond acceptors (Lipinski definition) is 5. The summed E-state index contributed by atoms with van der Waals surface area (Å²) in [5.74, 6) is 0. The van der Waals surface area contributed by atoms with Crippen LogP contribution in [0.1, 0.15) is 11.3 Å². The van der Waals surface area contributed by atoms with Gasteiger partial charge >= 0.3 is 0 Å². The van der Waals surface area contributed by atoms with Crippen LogP contribution in [-0.4, -0.2) is 38.9 Å². The average Bonchev–Trinajstić information content (AvgIpc) is 2.64. The van der Waals surface area contributed by atoms with Crippen molar-refractivity contribution in [2.75, 3.05) is 26.2 Å². The molecule has 5 nitrogen and oxygen atoms in total. The fraction of sp³-hybridized carbons (Fsp3) is 0.600. The zero-order valence-electron chi connectivity index (χ0n) is 9.55. The van der Waals surface area contributed by atoms with Gasteiger partial charge in [0.15, 0.2) is 0 Å². The molecule has 3 N–H and O–H groups in total. The standard InChI is InChI=1S/C10H17N3O2S2/c11-8-9-2-3-10(16-9)17(14,15)13-6-1-4-12-5-7-13/h2-3,12H,1,4-8,11H2. The minimum Gasteiger partial charge on any atom is -0.326 e. The van der Waals surface area contributed by atoms with Crippen molar-refractivity contribution in [2.24, 2.45) is 5.73 Å². The van der Waals surface area contributed by atoms with E-state index in [9.17, 15) is 8.42 Å².